The topological polar surface area (TPSA) is 80.0 Å². The molecule has 19 heavy (non-hydrogen) atoms. The number of carbonyl (C=O) groups is 1. The third kappa shape index (κ3) is 3.13. The van der Waals surface area contributed by atoms with E-state index in [9.17, 15) is 4.79 Å². The Bertz CT molecular complexity index is 583. The number of nitrogens with two attached hydrogens (primary N) is 1. The molecule has 1 heterocycles. The smallest absolute Gasteiger partial charge is 0.207 e. The summed E-state index contributed by atoms with van der Waals surface area (Å²) in [5.41, 5.74) is 7.67. The lowest BCUT2D eigenvalue weighted by atomic mass is 10.1. The number of nitrogens with one attached hydrogen (secondary N) is 2. The van der Waals surface area contributed by atoms with Gasteiger partial charge >= 0.3 is 0 Å². The molecule has 0 spiro atoms. The number of nitrogen functional groups attached to an aromatic ring is 1. The van der Waals surface area contributed by atoms with E-state index in [4.69, 9.17) is 5.73 Å². The van der Waals surface area contributed by atoms with Crippen LogP contribution in [-0.4, -0.2) is 24.5 Å². The Labute approximate surface area is 112 Å². The minimum atomic E-state index is 0.655. The van der Waals surface area contributed by atoms with Crippen LogP contribution in [0.4, 0.5) is 11.5 Å². The second kappa shape index (κ2) is 6.04. The van der Waals surface area contributed by atoms with E-state index in [0.717, 1.165) is 40.9 Å². The lowest BCUT2D eigenvalue weighted by Crippen LogP contribution is -2.16. The highest BCUT2D eigenvalue weighted by Crippen LogP contribution is 2.26. The summed E-state index contributed by atoms with van der Waals surface area (Å²) in [5.74, 6) is 0.841. The van der Waals surface area contributed by atoms with Gasteiger partial charge in [-0.1, -0.05) is 12.1 Å². The summed E-state index contributed by atoms with van der Waals surface area (Å²) in [6, 6.07) is 7.81. The van der Waals surface area contributed by atoms with Gasteiger partial charge in [-0.2, -0.15) is 0 Å². The van der Waals surface area contributed by atoms with Gasteiger partial charge in [-0.05, 0) is 25.5 Å². The summed E-state index contributed by atoms with van der Waals surface area (Å²) < 4.78 is 0. The average molecular weight is 258 g/mol. The summed E-state index contributed by atoms with van der Waals surface area (Å²) in [4.78, 5) is 14.6. The highest BCUT2D eigenvalue weighted by molar-refractivity contribution is 5.99. The molecule has 0 saturated heterocycles. The normalized spacial score (nSPS) is 10.4. The van der Waals surface area contributed by atoms with Crippen molar-refractivity contribution in [2.24, 2.45) is 0 Å². The van der Waals surface area contributed by atoms with Gasteiger partial charge in [-0.3, -0.25) is 4.79 Å². The van der Waals surface area contributed by atoms with Crippen LogP contribution in [-0.2, 0) is 4.79 Å². The van der Waals surface area contributed by atoms with Crippen molar-refractivity contribution in [2.45, 2.75) is 13.3 Å². The third-order valence-electron chi connectivity index (χ3n) is 2.91. The standard InChI is InChI=1S/C14H18N4O/c1-10-8-12-11(4-2-5-13(12)15)14(18-10)17-7-3-6-16-9-19/h2,4-5,8-9H,3,6-7,15H2,1H3,(H,16,19)(H,17,18). The molecule has 0 aliphatic heterocycles. The second-order valence-electron chi connectivity index (χ2n) is 4.41. The zero-order valence-electron chi connectivity index (χ0n) is 10.9. The number of hydrogen-bond acceptors (Lipinski definition) is 4. The fraction of sp³-hybridized carbons (Fsp3) is 0.286. The van der Waals surface area contributed by atoms with Crippen LogP contribution in [0.2, 0.25) is 0 Å². The Hall–Kier alpha value is -2.30. The number of anilines is 2. The summed E-state index contributed by atoms with van der Waals surface area (Å²) in [6.07, 6.45) is 1.55. The number of aromatic nitrogens is 1. The maximum absolute atomic E-state index is 10.1. The van der Waals surface area contributed by atoms with Crippen LogP contribution in [0.3, 0.4) is 0 Å². The minimum Gasteiger partial charge on any atom is -0.398 e. The molecule has 0 aliphatic carbocycles. The van der Waals surface area contributed by atoms with E-state index in [1.165, 1.54) is 0 Å². The van der Waals surface area contributed by atoms with Crippen LogP contribution in [0.5, 0.6) is 0 Å². The Morgan fingerprint density at radius 1 is 1.32 bits per heavy atom. The van der Waals surface area contributed by atoms with Crippen molar-refractivity contribution in [1.82, 2.24) is 10.3 Å². The zero-order valence-corrected chi connectivity index (χ0v) is 10.9. The predicted molar refractivity (Wildman–Crippen MR) is 78.1 cm³/mol. The van der Waals surface area contributed by atoms with Crippen molar-refractivity contribution in [3.8, 4) is 0 Å². The van der Waals surface area contributed by atoms with Crippen LogP contribution >= 0.6 is 0 Å². The summed E-state index contributed by atoms with van der Waals surface area (Å²) in [5, 5.41) is 7.96. The number of aryl methyl sites for hydroxylation is 1. The molecule has 5 nitrogen and oxygen atoms in total. The van der Waals surface area contributed by atoms with E-state index in [1.807, 2.05) is 31.2 Å². The minimum absolute atomic E-state index is 0.655. The van der Waals surface area contributed by atoms with E-state index in [1.54, 1.807) is 0 Å². The van der Waals surface area contributed by atoms with Crippen LogP contribution in [0, 0.1) is 6.92 Å². The Kier molecular flexibility index (Phi) is 4.18. The van der Waals surface area contributed by atoms with Crippen molar-refractivity contribution in [1.29, 1.82) is 0 Å². The van der Waals surface area contributed by atoms with Crippen molar-refractivity contribution < 1.29 is 4.79 Å². The molecule has 0 radical (unpaired) electrons. The van der Waals surface area contributed by atoms with Gasteiger partial charge in [0.05, 0.1) is 0 Å². The van der Waals surface area contributed by atoms with Gasteiger partial charge in [0.2, 0.25) is 6.41 Å². The van der Waals surface area contributed by atoms with Crippen molar-refractivity contribution in [2.75, 3.05) is 24.1 Å². The predicted octanol–water partition coefficient (Wildman–Crippen LogP) is 1.67. The molecule has 1 amide bonds. The van der Waals surface area contributed by atoms with E-state index >= 15 is 0 Å². The third-order valence-corrected chi connectivity index (χ3v) is 2.91. The lowest BCUT2D eigenvalue weighted by Gasteiger charge is -2.11. The molecule has 4 N–H and O–H groups in total. The van der Waals surface area contributed by atoms with E-state index in [2.05, 4.69) is 15.6 Å². The number of amides is 1. The summed E-state index contributed by atoms with van der Waals surface area (Å²) in [6.45, 7) is 3.36. The van der Waals surface area contributed by atoms with Crippen LogP contribution in [0.25, 0.3) is 10.8 Å². The lowest BCUT2D eigenvalue weighted by molar-refractivity contribution is -0.109. The first kappa shape index (κ1) is 13.1. The molecule has 0 fully saturated rings. The first-order valence-electron chi connectivity index (χ1n) is 6.29. The van der Waals surface area contributed by atoms with Gasteiger partial charge < -0.3 is 16.4 Å². The van der Waals surface area contributed by atoms with Gasteiger partial charge in [-0.15, -0.1) is 0 Å². The Morgan fingerprint density at radius 2 is 2.16 bits per heavy atom. The molecule has 5 heteroatoms. The maximum atomic E-state index is 10.1. The number of pyridine rings is 1. The number of rotatable bonds is 6. The molecule has 1 aromatic heterocycles. The molecule has 100 valence electrons. The number of nitrogens with zero attached hydrogens (tertiary/aromatic N) is 1. The van der Waals surface area contributed by atoms with Crippen molar-refractivity contribution in [3.63, 3.8) is 0 Å². The van der Waals surface area contributed by atoms with E-state index in [0.29, 0.717) is 13.0 Å². The van der Waals surface area contributed by atoms with E-state index < -0.39 is 0 Å². The molecule has 0 unspecified atom stereocenters. The molecule has 1 aromatic carbocycles. The largest absolute Gasteiger partial charge is 0.398 e. The number of fused-ring (bicyclic) bond motifs is 1. The summed E-state index contributed by atoms with van der Waals surface area (Å²) in [7, 11) is 0. The van der Waals surface area contributed by atoms with Gasteiger partial charge in [0.15, 0.2) is 0 Å². The van der Waals surface area contributed by atoms with Gasteiger partial charge in [0, 0.05) is 35.2 Å². The van der Waals surface area contributed by atoms with Crippen LogP contribution in [0.1, 0.15) is 12.1 Å². The highest BCUT2D eigenvalue weighted by Gasteiger charge is 2.05. The number of hydrogen-bond donors (Lipinski definition) is 3. The number of benzene rings is 1. The fourth-order valence-electron chi connectivity index (χ4n) is 2.02. The second-order valence-corrected chi connectivity index (χ2v) is 4.41. The fourth-order valence-corrected chi connectivity index (χ4v) is 2.02. The molecule has 0 saturated carbocycles. The molecule has 0 bridgehead atoms. The Morgan fingerprint density at radius 3 is 2.95 bits per heavy atom. The molecule has 2 rings (SSSR count). The van der Waals surface area contributed by atoms with Crippen LogP contribution in [0.15, 0.2) is 24.3 Å². The van der Waals surface area contributed by atoms with E-state index in [-0.39, 0.29) is 0 Å². The van der Waals surface area contributed by atoms with Crippen LogP contribution < -0.4 is 16.4 Å². The number of carbonyl (C=O) groups excluding carboxylic acids is 1. The molecular formula is C14H18N4O. The highest BCUT2D eigenvalue weighted by atomic mass is 16.1. The zero-order chi connectivity index (χ0) is 13.7. The SMILES string of the molecule is Cc1cc2c(N)cccc2c(NCCCNC=O)n1. The molecular weight excluding hydrogens is 240 g/mol. The first-order valence-corrected chi connectivity index (χ1v) is 6.29. The molecule has 0 atom stereocenters. The average Bonchev–Trinajstić information content (AvgIpc) is 2.39. The van der Waals surface area contributed by atoms with Gasteiger partial charge in [-0.25, -0.2) is 4.98 Å². The first-order chi connectivity index (χ1) is 9.22. The molecule has 2 aromatic rings. The van der Waals surface area contributed by atoms with Gasteiger partial charge in [0.25, 0.3) is 0 Å². The maximum Gasteiger partial charge on any atom is 0.207 e. The van der Waals surface area contributed by atoms with Gasteiger partial charge in [0.1, 0.15) is 5.82 Å². The van der Waals surface area contributed by atoms with Crippen molar-refractivity contribution >= 4 is 28.7 Å². The summed E-state index contributed by atoms with van der Waals surface area (Å²) >= 11 is 0. The van der Waals surface area contributed by atoms with Crippen molar-refractivity contribution in [3.05, 3.63) is 30.0 Å². The quantitative estimate of drug-likeness (QED) is 0.418. The molecule has 0 aliphatic rings. The Balaban J connectivity index is 2.18. The monoisotopic (exact) mass is 258 g/mol.